The van der Waals surface area contributed by atoms with Gasteiger partial charge >= 0.3 is 0 Å². The van der Waals surface area contributed by atoms with Crippen molar-refractivity contribution in [2.75, 3.05) is 35.7 Å². The Balaban J connectivity index is 1.53. The maximum atomic E-state index is 12.2. The predicted molar refractivity (Wildman–Crippen MR) is 112 cm³/mol. The SMILES string of the molecule is COc1ccc(C)cc1NC(=O)CC(=O)Nc1ccc(N2CCCCC2)cc1. The second-order valence-electron chi connectivity index (χ2n) is 7.07. The van der Waals surface area contributed by atoms with Crippen LogP contribution in [0.2, 0.25) is 0 Å². The van der Waals surface area contributed by atoms with E-state index in [2.05, 4.69) is 15.5 Å². The zero-order chi connectivity index (χ0) is 19.9. The van der Waals surface area contributed by atoms with Gasteiger partial charge in [-0.15, -0.1) is 0 Å². The number of ether oxygens (including phenoxy) is 1. The van der Waals surface area contributed by atoms with Crippen molar-refractivity contribution in [3.05, 3.63) is 48.0 Å². The Morgan fingerprint density at radius 3 is 2.32 bits per heavy atom. The number of hydrogen-bond acceptors (Lipinski definition) is 4. The van der Waals surface area contributed by atoms with E-state index in [1.54, 1.807) is 13.2 Å². The second-order valence-corrected chi connectivity index (χ2v) is 7.07. The zero-order valence-electron chi connectivity index (χ0n) is 16.5. The number of piperidine rings is 1. The van der Waals surface area contributed by atoms with E-state index in [1.807, 2.05) is 43.3 Å². The highest BCUT2D eigenvalue weighted by Gasteiger charge is 2.14. The first-order chi connectivity index (χ1) is 13.5. The van der Waals surface area contributed by atoms with Gasteiger partial charge in [0.2, 0.25) is 11.8 Å². The molecule has 3 rings (SSSR count). The summed E-state index contributed by atoms with van der Waals surface area (Å²) in [6.07, 6.45) is 3.48. The molecule has 2 amide bonds. The third kappa shape index (κ3) is 5.25. The molecule has 2 aromatic rings. The normalized spacial score (nSPS) is 13.7. The van der Waals surface area contributed by atoms with Crippen molar-refractivity contribution in [2.45, 2.75) is 32.6 Å². The molecule has 1 saturated heterocycles. The highest BCUT2D eigenvalue weighted by molar-refractivity contribution is 6.08. The Bertz CT molecular complexity index is 827. The summed E-state index contributed by atoms with van der Waals surface area (Å²) in [4.78, 5) is 26.8. The van der Waals surface area contributed by atoms with Crippen LogP contribution in [0.1, 0.15) is 31.2 Å². The number of methoxy groups -OCH3 is 1. The number of rotatable bonds is 6. The summed E-state index contributed by atoms with van der Waals surface area (Å²) >= 11 is 0. The summed E-state index contributed by atoms with van der Waals surface area (Å²) < 4.78 is 5.24. The summed E-state index contributed by atoms with van der Waals surface area (Å²) in [5.41, 5.74) is 3.41. The minimum Gasteiger partial charge on any atom is -0.495 e. The smallest absolute Gasteiger partial charge is 0.233 e. The van der Waals surface area contributed by atoms with E-state index in [-0.39, 0.29) is 18.2 Å². The van der Waals surface area contributed by atoms with Gasteiger partial charge < -0.3 is 20.3 Å². The lowest BCUT2D eigenvalue weighted by atomic mass is 10.1. The summed E-state index contributed by atoms with van der Waals surface area (Å²) in [5.74, 6) is -0.172. The average molecular weight is 381 g/mol. The Hall–Kier alpha value is -3.02. The molecule has 0 spiro atoms. The zero-order valence-corrected chi connectivity index (χ0v) is 16.5. The van der Waals surface area contributed by atoms with E-state index in [9.17, 15) is 9.59 Å². The third-order valence-electron chi connectivity index (χ3n) is 4.82. The number of aryl methyl sites for hydroxylation is 1. The van der Waals surface area contributed by atoms with E-state index in [0.717, 1.165) is 18.7 Å². The first-order valence-corrected chi connectivity index (χ1v) is 9.64. The lowest BCUT2D eigenvalue weighted by Gasteiger charge is -2.28. The molecule has 0 saturated carbocycles. The van der Waals surface area contributed by atoms with Crippen LogP contribution in [0.15, 0.2) is 42.5 Å². The van der Waals surface area contributed by atoms with Gasteiger partial charge in [0.15, 0.2) is 0 Å². The van der Waals surface area contributed by atoms with Crippen molar-refractivity contribution in [1.29, 1.82) is 0 Å². The second kappa shape index (κ2) is 9.26. The monoisotopic (exact) mass is 381 g/mol. The number of anilines is 3. The van der Waals surface area contributed by atoms with Crippen molar-refractivity contribution in [3.8, 4) is 5.75 Å². The lowest BCUT2D eigenvalue weighted by Crippen LogP contribution is -2.29. The topological polar surface area (TPSA) is 70.7 Å². The van der Waals surface area contributed by atoms with Crippen LogP contribution in [0.5, 0.6) is 5.75 Å². The van der Waals surface area contributed by atoms with Crippen LogP contribution in [0, 0.1) is 6.92 Å². The van der Waals surface area contributed by atoms with E-state index >= 15 is 0 Å². The highest BCUT2D eigenvalue weighted by Crippen LogP contribution is 2.25. The molecular formula is C22H27N3O3. The largest absolute Gasteiger partial charge is 0.495 e. The fourth-order valence-corrected chi connectivity index (χ4v) is 3.37. The Morgan fingerprint density at radius 1 is 0.964 bits per heavy atom. The molecule has 6 heteroatoms. The molecule has 0 unspecified atom stereocenters. The first kappa shape index (κ1) is 19.7. The first-order valence-electron chi connectivity index (χ1n) is 9.64. The van der Waals surface area contributed by atoms with Crippen LogP contribution in [0.4, 0.5) is 17.1 Å². The number of carbonyl (C=O) groups excluding carboxylic acids is 2. The summed E-state index contributed by atoms with van der Waals surface area (Å²) in [6.45, 7) is 4.08. The number of carbonyl (C=O) groups is 2. The van der Waals surface area contributed by atoms with Crippen molar-refractivity contribution in [2.24, 2.45) is 0 Å². The maximum absolute atomic E-state index is 12.2. The summed E-state index contributed by atoms with van der Waals surface area (Å²) in [5, 5.41) is 5.52. The average Bonchev–Trinajstić information content (AvgIpc) is 2.69. The maximum Gasteiger partial charge on any atom is 0.233 e. The van der Waals surface area contributed by atoms with Crippen LogP contribution in [0.3, 0.4) is 0 Å². The third-order valence-corrected chi connectivity index (χ3v) is 4.82. The van der Waals surface area contributed by atoms with Crippen LogP contribution < -0.4 is 20.3 Å². The van der Waals surface area contributed by atoms with Gasteiger partial charge in [-0.2, -0.15) is 0 Å². The fourth-order valence-electron chi connectivity index (χ4n) is 3.37. The van der Waals surface area contributed by atoms with Crippen LogP contribution in [-0.2, 0) is 9.59 Å². The molecule has 0 aromatic heterocycles. The van der Waals surface area contributed by atoms with Crippen molar-refractivity contribution < 1.29 is 14.3 Å². The molecule has 1 heterocycles. The van der Waals surface area contributed by atoms with Gasteiger partial charge in [0.05, 0.1) is 12.8 Å². The number of hydrogen-bond donors (Lipinski definition) is 2. The fraction of sp³-hybridized carbons (Fsp3) is 0.364. The number of nitrogens with one attached hydrogen (secondary N) is 2. The molecule has 0 bridgehead atoms. The van der Waals surface area contributed by atoms with Crippen molar-refractivity contribution >= 4 is 28.9 Å². The van der Waals surface area contributed by atoms with E-state index in [4.69, 9.17) is 4.74 Å². The minimum absolute atomic E-state index is 0.259. The molecular weight excluding hydrogens is 354 g/mol. The molecule has 0 aliphatic carbocycles. The van der Waals surface area contributed by atoms with Gasteiger partial charge in [0, 0.05) is 24.5 Å². The van der Waals surface area contributed by atoms with E-state index in [0.29, 0.717) is 17.1 Å². The highest BCUT2D eigenvalue weighted by atomic mass is 16.5. The van der Waals surface area contributed by atoms with Crippen LogP contribution >= 0.6 is 0 Å². The summed E-state index contributed by atoms with van der Waals surface area (Å²) in [6, 6.07) is 13.3. The van der Waals surface area contributed by atoms with Crippen LogP contribution in [0.25, 0.3) is 0 Å². The molecule has 148 valence electrons. The molecule has 1 fully saturated rings. The Morgan fingerprint density at radius 2 is 1.64 bits per heavy atom. The quantitative estimate of drug-likeness (QED) is 0.743. The van der Waals surface area contributed by atoms with Gasteiger partial charge in [-0.25, -0.2) is 0 Å². The molecule has 0 radical (unpaired) electrons. The number of nitrogens with zero attached hydrogens (tertiary/aromatic N) is 1. The van der Waals surface area contributed by atoms with Gasteiger partial charge in [-0.05, 0) is 68.1 Å². The molecule has 1 aliphatic heterocycles. The van der Waals surface area contributed by atoms with E-state index < -0.39 is 0 Å². The molecule has 2 N–H and O–H groups in total. The van der Waals surface area contributed by atoms with Crippen molar-refractivity contribution in [1.82, 2.24) is 0 Å². The predicted octanol–water partition coefficient (Wildman–Crippen LogP) is 3.96. The number of amides is 2. The van der Waals surface area contributed by atoms with Gasteiger partial charge in [-0.3, -0.25) is 9.59 Å². The number of benzene rings is 2. The lowest BCUT2D eigenvalue weighted by molar-refractivity contribution is -0.123. The minimum atomic E-state index is -0.383. The molecule has 0 atom stereocenters. The van der Waals surface area contributed by atoms with Gasteiger partial charge in [0.1, 0.15) is 12.2 Å². The van der Waals surface area contributed by atoms with Crippen LogP contribution in [-0.4, -0.2) is 32.0 Å². The Labute approximate surface area is 165 Å². The van der Waals surface area contributed by atoms with Gasteiger partial charge in [0.25, 0.3) is 0 Å². The van der Waals surface area contributed by atoms with Crippen molar-refractivity contribution in [3.63, 3.8) is 0 Å². The molecule has 2 aromatic carbocycles. The molecule has 6 nitrogen and oxygen atoms in total. The Kier molecular flexibility index (Phi) is 6.53. The molecule has 28 heavy (non-hydrogen) atoms. The molecule has 1 aliphatic rings. The summed E-state index contributed by atoms with van der Waals surface area (Å²) in [7, 11) is 1.54. The van der Waals surface area contributed by atoms with E-state index in [1.165, 1.54) is 24.9 Å². The standard InChI is InChI=1S/C22H27N3O3/c1-16-6-11-20(28-2)19(14-16)24-22(27)15-21(26)23-17-7-9-18(10-8-17)25-12-4-3-5-13-25/h6-11,14H,3-5,12-13,15H2,1-2H3,(H,23,26)(H,24,27). The van der Waals surface area contributed by atoms with Gasteiger partial charge in [-0.1, -0.05) is 6.07 Å².